The lowest BCUT2D eigenvalue weighted by Crippen LogP contribution is -2.37. The van der Waals surface area contributed by atoms with Crippen LogP contribution in [0.2, 0.25) is 157 Å². The molecule has 0 unspecified atom stereocenters. The van der Waals surface area contributed by atoms with Crippen molar-refractivity contribution in [1.29, 1.82) is 0 Å². The summed E-state index contributed by atoms with van der Waals surface area (Å²) in [7, 11) is -13.6. The van der Waals surface area contributed by atoms with E-state index in [0.717, 1.165) is 75.0 Å². The molecular weight excluding hydrogens is 1970 g/mol. The van der Waals surface area contributed by atoms with Crippen LogP contribution in [0.1, 0.15) is 0 Å². The Labute approximate surface area is 874 Å². The van der Waals surface area contributed by atoms with Gasteiger partial charge in [-0.15, -0.1) is 0 Å². The Morgan fingerprint density at radius 2 is 0.331 bits per heavy atom. The van der Waals surface area contributed by atoms with Gasteiger partial charge in [-0.2, -0.15) is 0 Å². The van der Waals surface area contributed by atoms with Gasteiger partial charge in [0.1, 0.15) is 46.5 Å². The molecular formula is C128H128F8N4Si8. The summed E-state index contributed by atoms with van der Waals surface area (Å²) in [6, 6.07) is 108. The summed E-state index contributed by atoms with van der Waals surface area (Å²) >= 11 is 0. The molecule has 4 nitrogen and oxygen atoms in total. The van der Waals surface area contributed by atoms with Crippen LogP contribution in [0.15, 0.2) is 340 Å². The second kappa shape index (κ2) is 38.8. The van der Waals surface area contributed by atoms with Crippen molar-refractivity contribution in [2.45, 2.75) is 157 Å². The minimum Gasteiger partial charge on any atom is -0.307 e. The van der Waals surface area contributed by atoms with E-state index in [0.29, 0.717) is 67.8 Å². The Kier molecular flexibility index (Phi) is 27.1. The fraction of sp³-hybridized carbons (Fsp3) is 0.188. The predicted octanol–water partition coefficient (Wildman–Crippen LogP) is 35.2. The zero-order valence-corrected chi connectivity index (χ0v) is 97.1. The van der Waals surface area contributed by atoms with Crippen molar-refractivity contribution in [2.24, 2.45) is 0 Å². The summed E-state index contributed by atoms with van der Waals surface area (Å²) in [6.45, 7) is 54.5. The Hall–Kier alpha value is -13.1. The molecule has 0 saturated carbocycles. The van der Waals surface area contributed by atoms with Gasteiger partial charge < -0.3 is 19.6 Å². The minimum atomic E-state index is -1.75. The lowest BCUT2D eigenvalue weighted by Gasteiger charge is -2.30. The van der Waals surface area contributed by atoms with E-state index in [1.165, 1.54) is 79.7 Å². The van der Waals surface area contributed by atoms with E-state index in [4.69, 9.17) is 0 Å². The molecule has 0 spiro atoms. The molecule has 0 amide bonds. The maximum atomic E-state index is 17.3. The molecule has 0 fully saturated rings. The molecule has 0 aliphatic carbocycles. The van der Waals surface area contributed by atoms with Gasteiger partial charge in [-0.3, -0.25) is 0 Å². The van der Waals surface area contributed by atoms with Crippen LogP contribution in [0, 0.1) is 46.5 Å². The number of rotatable bonds is 24. The smallest absolute Gasteiger partial charge is 0.148 e. The molecule has 0 aromatic heterocycles. The number of halogens is 8. The van der Waals surface area contributed by atoms with Gasteiger partial charge in [-0.1, -0.05) is 417 Å². The van der Waals surface area contributed by atoms with E-state index < -0.39 is 111 Å². The first-order valence-electron chi connectivity index (χ1n) is 51.2. The van der Waals surface area contributed by atoms with Crippen LogP contribution < -0.4 is 61.1 Å². The molecule has 0 heterocycles. The van der Waals surface area contributed by atoms with Gasteiger partial charge in [-0.05, 0) is 162 Å². The molecule has 0 radical (unpaired) electrons. The molecule has 0 atom stereocenters. The van der Waals surface area contributed by atoms with Crippen molar-refractivity contribution >= 4 is 239 Å². The summed E-state index contributed by atoms with van der Waals surface area (Å²) < 4.78 is 136. The molecule has 20 aromatic rings. The van der Waals surface area contributed by atoms with Gasteiger partial charge in [0.15, 0.2) is 0 Å². The molecule has 20 rings (SSSR count). The normalized spacial score (nSPS) is 12.6. The van der Waals surface area contributed by atoms with Crippen molar-refractivity contribution in [3.05, 3.63) is 386 Å². The Morgan fingerprint density at radius 1 is 0.149 bits per heavy atom. The van der Waals surface area contributed by atoms with Crippen LogP contribution in [0.3, 0.4) is 0 Å². The van der Waals surface area contributed by atoms with Crippen LogP contribution in [0.25, 0.3) is 109 Å². The van der Waals surface area contributed by atoms with Crippen molar-refractivity contribution in [3.63, 3.8) is 0 Å². The van der Waals surface area contributed by atoms with Gasteiger partial charge in [0.2, 0.25) is 0 Å². The van der Waals surface area contributed by atoms with E-state index in [1.807, 2.05) is 202 Å². The maximum absolute atomic E-state index is 17.3. The first-order valence-corrected chi connectivity index (χ1v) is 79.2. The Balaban J connectivity index is 0.000000186. The summed E-state index contributed by atoms with van der Waals surface area (Å²) in [4.78, 5) is 7.35. The fourth-order valence-corrected chi connectivity index (χ4v) is 30.1. The lowest BCUT2D eigenvalue weighted by atomic mass is 9.91. The largest absolute Gasteiger partial charge is 0.307 e. The summed E-state index contributed by atoms with van der Waals surface area (Å²) in [5, 5.41) is 20.6. The van der Waals surface area contributed by atoms with Crippen LogP contribution in [0.4, 0.5) is 103 Å². The summed E-state index contributed by atoms with van der Waals surface area (Å²) in [6.07, 6.45) is 0. The molecule has 0 N–H and O–H groups in total. The Morgan fingerprint density at radius 3 is 0.527 bits per heavy atom. The SMILES string of the molecule is C[Si](C)(C)c1ccc(-c2cc(F)c(N(c3ccc([Si](C)(C)C)cc3)c3ccc4ccc5c(N(c6ccc([Si](C)(C)C)cc6)c6cc(F)c(-c7ccc([Si](C)(C)C)cc7)cc6F)ccc6ccc3c4c65)cc2F)cc1.C[Si](C)(C)c1ccc(N(c2cc(F)c(-c3cccc([Si](C)(C)C)c3)cc2F)c2ccc3ccc4c(N(c5ccc([Si](C)(C)C)cc5)c5cc(F)c(-c6cccc([Si](C)(C)C)c6)cc5F)ccc5ccc2c3c54)cc1. The van der Waals surface area contributed by atoms with Crippen molar-refractivity contribution in [2.75, 3.05) is 19.6 Å². The van der Waals surface area contributed by atoms with Crippen LogP contribution in [0.5, 0.6) is 0 Å². The third-order valence-corrected chi connectivity index (χ3v) is 46.0. The number of nitrogens with zero attached hydrogens (tertiary/aromatic N) is 4. The summed E-state index contributed by atoms with van der Waals surface area (Å²) in [5.74, 6) is -4.31. The van der Waals surface area contributed by atoms with Gasteiger partial charge in [0, 0.05) is 90.8 Å². The third kappa shape index (κ3) is 20.1. The quantitative estimate of drug-likeness (QED) is 0.0340. The molecule has 0 aliphatic heterocycles. The standard InChI is InChI=1S/2C64H64F4N2Si4/c1-71(2,3)47-25-13-41(14-26-47)53-37-57(67)61(39-55(53)65)69(45-21-29-49(30-22-45)73(7,8)9)59-35-19-43-18-34-52-60(36-20-44-17-33-51(59)63(43)64(44)52)70(46-23-31-50(32-24-46)74(10,11)12)62-40-56(66)54(38-58(62)68)42-15-27-48(28-16-42)72(4,5)6;1-71(2,3)47-27-23-45(24-28-47)69(61-39-55(65)53(37-57(61)67)43-15-13-17-49(35-43)73(7,8)9)59-33-21-41-20-32-52-60(34-22-42-19-31-51(59)63(41)64(42)52)70(46-25-29-48(30-26-46)72(4,5)6)62-40-56(66)54(38-58(62)68)44-16-14-18-50(36-44)74(10,11)12/h2*13-40H,1-12H3. The highest BCUT2D eigenvalue weighted by Gasteiger charge is 2.35. The first-order chi connectivity index (χ1) is 69.7. The van der Waals surface area contributed by atoms with E-state index in [9.17, 15) is 0 Å². The minimum absolute atomic E-state index is 0.0855. The lowest BCUT2D eigenvalue weighted by molar-refractivity contribution is 0.604. The zero-order valence-electron chi connectivity index (χ0n) is 89.1. The van der Waals surface area contributed by atoms with E-state index in [1.54, 1.807) is 0 Å². The average molecular weight is 2100 g/mol. The highest BCUT2D eigenvalue weighted by molar-refractivity contribution is 6.92. The second-order valence-corrected chi connectivity index (χ2v) is 88.8. The van der Waals surface area contributed by atoms with Gasteiger partial charge in [0.05, 0.1) is 110 Å². The van der Waals surface area contributed by atoms with Crippen LogP contribution in [-0.2, 0) is 0 Å². The predicted molar refractivity (Wildman–Crippen MR) is 644 cm³/mol. The molecule has 20 heteroatoms. The molecule has 20 aromatic carbocycles. The van der Waals surface area contributed by atoms with E-state index >= 15 is 35.1 Å². The average Bonchev–Trinajstić information content (AvgIpc) is 0.716. The fourth-order valence-electron chi connectivity index (χ4n) is 20.7. The highest BCUT2D eigenvalue weighted by atomic mass is 28.3. The first kappa shape index (κ1) is 103. The second-order valence-electron chi connectivity index (χ2n) is 48.2. The molecule has 748 valence electrons. The molecule has 148 heavy (non-hydrogen) atoms. The number of hydrogen-bond donors (Lipinski definition) is 0. The van der Waals surface area contributed by atoms with Crippen molar-refractivity contribution in [1.82, 2.24) is 0 Å². The number of hydrogen-bond acceptors (Lipinski definition) is 4. The number of anilines is 12. The Bertz CT molecular complexity index is 8010. The topological polar surface area (TPSA) is 13.0 Å². The molecule has 0 saturated heterocycles. The van der Waals surface area contributed by atoms with Crippen LogP contribution >= 0.6 is 0 Å². The number of benzene rings is 20. The molecule has 0 aliphatic rings. The maximum Gasteiger partial charge on any atom is 0.148 e. The van der Waals surface area contributed by atoms with Crippen molar-refractivity contribution in [3.8, 4) is 44.5 Å². The molecule has 0 bridgehead atoms. The van der Waals surface area contributed by atoms with E-state index in [-0.39, 0.29) is 45.0 Å². The van der Waals surface area contributed by atoms with Crippen LogP contribution in [-0.4, -0.2) is 64.6 Å². The third-order valence-electron chi connectivity index (χ3n) is 29.5. The summed E-state index contributed by atoms with van der Waals surface area (Å²) in [5.41, 5.74) is 9.14. The zero-order chi connectivity index (χ0) is 106. The van der Waals surface area contributed by atoms with Gasteiger partial charge in [0.25, 0.3) is 0 Å². The van der Waals surface area contributed by atoms with E-state index in [2.05, 4.69) is 266 Å². The monoisotopic (exact) mass is 2100 g/mol. The highest BCUT2D eigenvalue weighted by Crippen LogP contribution is 2.53. The van der Waals surface area contributed by atoms with Gasteiger partial charge in [-0.25, -0.2) is 35.1 Å². The van der Waals surface area contributed by atoms with Crippen molar-refractivity contribution < 1.29 is 35.1 Å². The van der Waals surface area contributed by atoms with Gasteiger partial charge >= 0.3 is 0 Å².